The molecule has 3 aromatic rings. The molecule has 0 aliphatic carbocycles. The number of pyridine rings is 1. The predicted octanol–water partition coefficient (Wildman–Crippen LogP) is 1.33. The molecular weight excluding hydrogens is 322 g/mol. The van der Waals surface area contributed by atoms with Gasteiger partial charge < -0.3 is 14.8 Å². The van der Waals surface area contributed by atoms with Crippen LogP contribution in [0.15, 0.2) is 59.7 Å². The van der Waals surface area contributed by atoms with E-state index >= 15 is 0 Å². The Bertz CT molecular complexity index is 941. The fraction of sp³-hybridized carbons (Fsp3) is 0.167. The summed E-state index contributed by atoms with van der Waals surface area (Å²) in [5.74, 6) is -1.11. The second-order valence-corrected chi connectivity index (χ2v) is 5.63. The Balaban J connectivity index is 1.74. The Kier molecular flexibility index (Phi) is 4.76. The van der Waals surface area contributed by atoms with Gasteiger partial charge >= 0.3 is 5.97 Å². The molecule has 1 aromatic carbocycles. The number of aromatic nitrogens is 3. The second-order valence-electron chi connectivity index (χ2n) is 5.63. The molecule has 7 nitrogen and oxygen atoms in total. The van der Waals surface area contributed by atoms with Gasteiger partial charge in [-0.3, -0.25) is 9.48 Å². The van der Waals surface area contributed by atoms with Crippen LogP contribution in [0.2, 0.25) is 0 Å². The standard InChI is InChI=1S/C18H17N3O4/c22-12-16-15(18(24)25)11-21(19-16)10-14-6-4-13(5-7-14)9-20-8-2-1-3-17(20)23/h1-8,11,22H,9-10,12H2,(H,24,25). The quantitative estimate of drug-likeness (QED) is 0.706. The van der Waals surface area contributed by atoms with E-state index in [0.717, 1.165) is 11.1 Å². The van der Waals surface area contributed by atoms with E-state index in [-0.39, 0.29) is 16.8 Å². The molecule has 25 heavy (non-hydrogen) atoms. The van der Waals surface area contributed by atoms with Crippen molar-refractivity contribution in [2.45, 2.75) is 19.7 Å². The maximum Gasteiger partial charge on any atom is 0.339 e. The Morgan fingerprint density at radius 2 is 1.72 bits per heavy atom. The third-order valence-corrected chi connectivity index (χ3v) is 3.84. The lowest BCUT2D eigenvalue weighted by Crippen LogP contribution is -2.18. The largest absolute Gasteiger partial charge is 0.478 e. The van der Waals surface area contributed by atoms with Crippen molar-refractivity contribution in [3.8, 4) is 0 Å². The minimum Gasteiger partial charge on any atom is -0.478 e. The minimum atomic E-state index is -1.11. The lowest BCUT2D eigenvalue weighted by molar-refractivity contribution is 0.0693. The summed E-state index contributed by atoms with van der Waals surface area (Å²) in [6, 6.07) is 12.7. The normalized spacial score (nSPS) is 10.8. The number of aromatic carboxylic acids is 1. The fourth-order valence-corrected chi connectivity index (χ4v) is 2.56. The van der Waals surface area contributed by atoms with E-state index < -0.39 is 12.6 Å². The summed E-state index contributed by atoms with van der Waals surface area (Å²) in [7, 11) is 0. The van der Waals surface area contributed by atoms with Gasteiger partial charge in [-0.05, 0) is 17.2 Å². The minimum absolute atomic E-state index is 0.00238. The van der Waals surface area contributed by atoms with Gasteiger partial charge in [0, 0.05) is 18.5 Å². The van der Waals surface area contributed by atoms with E-state index in [4.69, 9.17) is 5.11 Å². The number of rotatable bonds is 6. The van der Waals surface area contributed by atoms with Crippen molar-refractivity contribution in [2.24, 2.45) is 0 Å². The van der Waals surface area contributed by atoms with Crippen LogP contribution in [0.1, 0.15) is 27.2 Å². The first-order valence-corrected chi connectivity index (χ1v) is 7.70. The Labute approximate surface area is 143 Å². The molecule has 0 saturated carbocycles. The third-order valence-electron chi connectivity index (χ3n) is 3.84. The molecule has 2 N–H and O–H groups in total. The van der Waals surface area contributed by atoms with Gasteiger partial charge in [0.25, 0.3) is 5.56 Å². The van der Waals surface area contributed by atoms with Crippen LogP contribution < -0.4 is 5.56 Å². The highest BCUT2D eigenvalue weighted by molar-refractivity contribution is 5.88. The zero-order valence-electron chi connectivity index (χ0n) is 13.4. The number of aliphatic hydroxyl groups excluding tert-OH is 1. The van der Waals surface area contributed by atoms with Crippen molar-refractivity contribution >= 4 is 5.97 Å². The van der Waals surface area contributed by atoms with Crippen LogP contribution in [0.5, 0.6) is 0 Å². The average Bonchev–Trinajstić information content (AvgIpc) is 3.02. The Morgan fingerprint density at radius 3 is 2.28 bits per heavy atom. The van der Waals surface area contributed by atoms with Crippen LogP contribution in [0, 0.1) is 0 Å². The maximum atomic E-state index is 11.7. The molecule has 0 spiro atoms. The molecular formula is C18H17N3O4. The summed E-state index contributed by atoms with van der Waals surface area (Å²) < 4.78 is 3.11. The molecule has 128 valence electrons. The van der Waals surface area contributed by atoms with Crippen LogP contribution in [-0.2, 0) is 19.7 Å². The van der Waals surface area contributed by atoms with Crippen molar-refractivity contribution in [3.63, 3.8) is 0 Å². The van der Waals surface area contributed by atoms with Crippen LogP contribution in [0.3, 0.4) is 0 Å². The number of carbonyl (C=O) groups is 1. The van der Waals surface area contributed by atoms with Gasteiger partial charge in [0.2, 0.25) is 0 Å². The van der Waals surface area contributed by atoms with Crippen molar-refractivity contribution < 1.29 is 15.0 Å². The molecule has 2 heterocycles. The number of carboxylic acid groups (broad SMARTS) is 1. The number of nitrogens with zero attached hydrogens (tertiary/aromatic N) is 3. The van der Waals surface area contributed by atoms with Gasteiger partial charge in [-0.1, -0.05) is 30.3 Å². The molecule has 3 rings (SSSR count). The highest BCUT2D eigenvalue weighted by atomic mass is 16.4. The first-order chi connectivity index (χ1) is 12.1. The number of hydrogen-bond donors (Lipinski definition) is 2. The number of hydrogen-bond acceptors (Lipinski definition) is 4. The molecule has 0 bridgehead atoms. The Hall–Kier alpha value is -3.19. The SMILES string of the molecule is O=C(O)c1cn(Cc2ccc(Cn3ccccc3=O)cc2)nc1CO. The lowest BCUT2D eigenvalue weighted by Gasteiger charge is -2.07. The Morgan fingerprint density at radius 1 is 1.04 bits per heavy atom. The summed E-state index contributed by atoms with van der Waals surface area (Å²) in [5.41, 5.74) is 2.02. The first kappa shape index (κ1) is 16.7. The lowest BCUT2D eigenvalue weighted by atomic mass is 10.1. The number of benzene rings is 1. The number of aliphatic hydroxyl groups is 1. The molecule has 0 fully saturated rings. The molecule has 0 amide bonds. The summed E-state index contributed by atoms with van der Waals surface area (Å²) in [6.07, 6.45) is 3.15. The highest BCUT2D eigenvalue weighted by Gasteiger charge is 2.14. The molecule has 0 aliphatic rings. The van der Waals surface area contributed by atoms with Gasteiger partial charge in [0.15, 0.2) is 0 Å². The number of carboxylic acids is 1. The molecule has 0 aliphatic heterocycles. The van der Waals surface area contributed by atoms with E-state index in [1.54, 1.807) is 16.8 Å². The monoisotopic (exact) mass is 339 g/mol. The van der Waals surface area contributed by atoms with E-state index in [2.05, 4.69) is 5.10 Å². The summed E-state index contributed by atoms with van der Waals surface area (Å²) in [6.45, 7) is 0.463. The van der Waals surface area contributed by atoms with Crippen LogP contribution >= 0.6 is 0 Å². The topological polar surface area (TPSA) is 97.3 Å². The van der Waals surface area contributed by atoms with E-state index in [9.17, 15) is 14.7 Å². The second kappa shape index (κ2) is 7.14. The fourth-order valence-electron chi connectivity index (χ4n) is 2.56. The third kappa shape index (κ3) is 3.84. The van der Waals surface area contributed by atoms with Gasteiger partial charge in [0.05, 0.1) is 19.7 Å². The summed E-state index contributed by atoms with van der Waals surface area (Å²) in [5, 5.41) is 22.3. The molecule has 7 heteroatoms. The molecule has 0 atom stereocenters. The van der Waals surface area contributed by atoms with Crippen LogP contribution in [0.25, 0.3) is 0 Å². The van der Waals surface area contributed by atoms with Gasteiger partial charge in [-0.2, -0.15) is 5.10 Å². The van der Waals surface area contributed by atoms with Crippen LogP contribution in [0.4, 0.5) is 0 Å². The molecule has 0 radical (unpaired) electrons. The van der Waals surface area contributed by atoms with Crippen molar-refractivity contribution in [2.75, 3.05) is 0 Å². The predicted molar refractivity (Wildman–Crippen MR) is 90.5 cm³/mol. The van der Waals surface area contributed by atoms with E-state index in [1.165, 1.54) is 16.9 Å². The average molecular weight is 339 g/mol. The van der Waals surface area contributed by atoms with E-state index in [1.807, 2.05) is 30.3 Å². The highest BCUT2D eigenvalue weighted by Crippen LogP contribution is 2.11. The molecule has 0 unspecified atom stereocenters. The molecule has 2 aromatic heterocycles. The van der Waals surface area contributed by atoms with Crippen molar-refractivity contribution in [1.29, 1.82) is 0 Å². The van der Waals surface area contributed by atoms with Gasteiger partial charge in [-0.15, -0.1) is 0 Å². The van der Waals surface area contributed by atoms with Gasteiger partial charge in [0.1, 0.15) is 11.3 Å². The zero-order chi connectivity index (χ0) is 17.8. The van der Waals surface area contributed by atoms with Crippen molar-refractivity contribution in [3.05, 3.63) is 87.6 Å². The molecule has 0 saturated heterocycles. The van der Waals surface area contributed by atoms with Crippen LogP contribution in [-0.4, -0.2) is 30.5 Å². The van der Waals surface area contributed by atoms with Gasteiger partial charge in [-0.25, -0.2) is 4.79 Å². The first-order valence-electron chi connectivity index (χ1n) is 7.70. The van der Waals surface area contributed by atoms with Crippen molar-refractivity contribution in [1.82, 2.24) is 14.3 Å². The summed E-state index contributed by atoms with van der Waals surface area (Å²) in [4.78, 5) is 22.8. The smallest absolute Gasteiger partial charge is 0.339 e. The van der Waals surface area contributed by atoms with E-state index in [0.29, 0.717) is 13.1 Å². The maximum absolute atomic E-state index is 11.7. The zero-order valence-corrected chi connectivity index (χ0v) is 13.4. The summed E-state index contributed by atoms with van der Waals surface area (Å²) >= 11 is 0.